The van der Waals surface area contributed by atoms with Crippen LogP contribution in [0.4, 0.5) is 11.4 Å². The summed E-state index contributed by atoms with van der Waals surface area (Å²) in [6.07, 6.45) is -0.255. The molecular weight excluding hydrogens is 428 g/mol. The lowest BCUT2D eigenvalue weighted by Crippen LogP contribution is -2.26. The largest absolute Gasteiger partial charge is 0.444 e. The van der Waals surface area contributed by atoms with E-state index in [9.17, 15) is 18.0 Å². The van der Waals surface area contributed by atoms with Crippen LogP contribution in [0.5, 0.6) is 0 Å². The Morgan fingerprint density at radius 1 is 0.875 bits per heavy atom. The third kappa shape index (κ3) is 5.95. The highest BCUT2D eigenvalue weighted by Gasteiger charge is 2.27. The van der Waals surface area contributed by atoms with Crippen LogP contribution in [0.15, 0.2) is 72.8 Å². The second-order valence-corrected chi connectivity index (χ2v) is 9.17. The van der Waals surface area contributed by atoms with Gasteiger partial charge in [-0.05, 0) is 43.2 Å². The summed E-state index contributed by atoms with van der Waals surface area (Å²) in [5.74, 6) is -1.35. The second kappa shape index (κ2) is 9.65. The normalized spacial score (nSPS) is 12.0. The van der Waals surface area contributed by atoms with Crippen molar-refractivity contribution in [3.05, 3.63) is 95.1 Å². The highest BCUT2D eigenvalue weighted by molar-refractivity contribution is 7.92. The Balaban J connectivity index is 1.92. The van der Waals surface area contributed by atoms with Crippen molar-refractivity contribution >= 4 is 33.3 Å². The van der Waals surface area contributed by atoms with Crippen molar-refractivity contribution in [2.24, 2.45) is 0 Å². The number of aryl methyl sites for hydroxylation is 2. The fourth-order valence-electron chi connectivity index (χ4n) is 3.09. The van der Waals surface area contributed by atoms with Crippen molar-refractivity contribution in [1.82, 2.24) is 0 Å². The zero-order valence-electron chi connectivity index (χ0n) is 18.0. The molecule has 32 heavy (non-hydrogen) atoms. The number of rotatable bonds is 7. The van der Waals surface area contributed by atoms with Crippen LogP contribution in [0, 0.1) is 13.8 Å². The molecule has 2 N–H and O–H groups in total. The summed E-state index contributed by atoms with van der Waals surface area (Å²) >= 11 is 0. The smallest absolute Gasteiger partial charge is 0.341 e. The molecule has 0 saturated heterocycles. The lowest BCUT2D eigenvalue weighted by Gasteiger charge is -2.20. The Morgan fingerprint density at radius 3 is 2.22 bits per heavy atom. The number of ether oxygens (including phenoxy) is 1. The molecule has 166 valence electrons. The van der Waals surface area contributed by atoms with Crippen molar-refractivity contribution in [2.75, 3.05) is 16.3 Å². The lowest BCUT2D eigenvalue weighted by molar-refractivity contribution is -0.125. The summed E-state index contributed by atoms with van der Waals surface area (Å²) in [4.78, 5) is 26.1. The van der Waals surface area contributed by atoms with Gasteiger partial charge in [0.15, 0.2) is 0 Å². The summed E-state index contributed by atoms with van der Waals surface area (Å²) in [5, 5.41) is 2.83. The van der Waals surface area contributed by atoms with Crippen LogP contribution in [-0.4, -0.2) is 26.6 Å². The predicted molar refractivity (Wildman–Crippen MR) is 124 cm³/mol. The molecule has 0 aliphatic carbocycles. The van der Waals surface area contributed by atoms with Crippen molar-refractivity contribution in [1.29, 1.82) is 0 Å². The first-order valence-electron chi connectivity index (χ1n) is 9.85. The van der Waals surface area contributed by atoms with Gasteiger partial charge in [-0.1, -0.05) is 54.6 Å². The maximum absolute atomic E-state index is 13.2. The number of benzene rings is 3. The van der Waals surface area contributed by atoms with Gasteiger partial charge in [0.25, 0.3) is 5.91 Å². The Hall–Kier alpha value is -3.65. The summed E-state index contributed by atoms with van der Waals surface area (Å²) in [6.45, 7) is 3.78. The van der Waals surface area contributed by atoms with Gasteiger partial charge in [0.2, 0.25) is 16.1 Å². The summed E-state index contributed by atoms with van der Waals surface area (Å²) in [5.41, 5.74) is 3.01. The van der Waals surface area contributed by atoms with E-state index >= 15 is 0 Å². The molecular formula is C24H24N2O5S. The van der Waals surface area contributed by atoms with Crippen LogP contribution in [-0.2, 0) is 19.6 Å². The van der Waals surface area contributed by atoms with E-state index in [1.54, 1.807) is 42.5 Å². The minimum atomic E-state index is -3.62. The fraction of sp³-hybridized carbons (Fsp3) is 0.167. The zero-order chi connectivity index (χ0) is 23.3. The molecule has 0 fully saturated rings. The quantitative estimate of drug-likeness (QED) is 0.523. The van der Waals surface area contributed by atoms with Gasteiger partial charge >= 0.3 is 5.97 Å². The Bertz CT molecular complexity index is 1240. The molecule has 0 heterocycles. The molecule has 3 aromatic rings. The number of sulfonamides is 1. The molecule has 0 bridgehead atoms. The number of nitrogens with one attached hydrogen (secondary N) is 2. The van der Waals surface area contributed by atoms with Crippen LogP contribution in [0.1, 0.15) is 33.2 Å². The third-order valence-corrected chi connectivity index (χ3v) is 5.25. The second-order valence-electron chi connectivity index (χ2n) is 7.42. The van der Waals surface area contributed by atoms with Gasteiger partial charge in [0.05, 0.1) is 17.5 Å². The Kier molecular flexibility index (Phi) is 6.95. The topological polar surface area (TPSA) is 102 Å². The van der Waals surface area contributed by atoms with Gasteiger partial charge in [-0.15, -0.1) is 0 Å². The highest BCUT2D eigenvalue weighted by atomic mass is 32.2. The molecule has 8 heteroatoms. The van der Waals surface area contributed by atoms with Crippen LogP contribution in [0.3, 0.4) is 0 Å². The molecule has 0 saturated carbocycles. The van der Waals surface area contributed by atoms with Crippen LogP contribution < -0.4 is 10.0 Å². The van der Waals surface area contributed by atoms with Crippen molar-refractivity contribution in [3.63, 3.8) is 0 Å². The first-order valence-corrected chi connectivity index (χ1v) is 11.7. The van der Waals surface area contributed by atoms with E-state index in [1.165, 1.54) is 12.1 Å². The van der Waals surface area contributed by atoms with E-state index in [2.05, 4.69) is 10.0 Å². The minimum Gasteiger partial charge on any atom is -0.444 e. The van der Waals surface area contributed by atoms with E-state index in [1.807, 2.05) is 32.0 Å². The van der Waals surface area contributed by atoms with Gasteiger partial charge < -0.3 is 10.1 Å². The predicted octanol–water partition coefficient (Wildman–Crippen LogP) is 4.21. The van der Waals surface area contributed by atoms with E-state index in [4.69, 9.17) is 4.74 Å². The van der Waals surface area contributed by atoms with E-state index < -0.39 is 28.0 Å². The molecule has 0 spiro atoms. The number of hydrogen-bond donors (Lipinski definition) is 2. The highest BCUT2D eigenvalue weighted by Crippen LogP contribution is 2.25. The number of para-hydroxylation sites is 1. The first kappa shape index (κ1) is 23.0. The van der Waals surface area contributed by atoms with Gasteiger partial charge in [-0.25, -0.2) is 13.2 Å². The molecule has 1 unspecified atom stereocenters. The maximum Gasteiger partial charge on any atom is 0.341 e. The number of esters is 1. The van der Waals surface area contributed by atoms with Crippen molar-refractivity contribution in [3.8, 4) is 0 Å². The van der Waals surface area contributed by atoms with Crippen molar-refractivity contribution < 1.29 is 22.7 Å². The average molecular weight is 453 g/mol. The lowest BCUT2D eigenvalue weighted by atomic mass is 10.1. The van der Waals surface area contributed by atoms with Crippen LogP contribution >= 0.6 is 0 Å². The maximum atomic E-state index is 13.2. The SMILES string of the molecule is Cc1ccc(C)c(NC(=O)C(OC(=O)c2ccccc2NS(C)(=O)=O)c2ccccc2)c1. The summed E-state index contributed by atoms with van der Waals surface area (Å²) in [6, 6.07) is 20.3. The molecule has 3 aromatic carbocycles. The van der Waals surface area contributed by atoms with Crippen molar-refractivity contribution in [2.45, 2.75) is 20.0 Å². The third-order valence-electron chi connectivity index (χ3n) is 4.66. The van der Waals surface area contributed by atoms with E-state index in [0.29, 0.717) is 11.3 Å². The first-order chi connectivity index (χ1) is 15.1. The number of carbonyl (C=O) groups is 2. The summed E-state index contributed by atoms with van der Waals surface area (Å²) in [7, 11) is -3.62. The molecule has 7 nitrogen and oxygen atoms in total. The fourth-order valence-corrected chi connectivity index (χ4v) is 3.67. The Labute approximate surface area is 187 Å². The number of carbonyl (C=O) groups excluding carboxylic acids is 2. The van der Waals surface area contributed by atoms with E-state index in [-0.39, 0.29) is 11.3 Å². The molecule has 0 aromatic heterocycles. The zero-order valence-corrected chi connectivity index (χ0v) is 18.8. The molecule has 1 atom stereocenters. The number of amides is 1. The number of anilines is 2. The molecule has 0 radical (unpaired) electrons. The molecule has 3 rings (SSSR count). The standard InChI is InChI=1S/C24H24N2O5S/c1-16-13-14-17(2)21(15-16)25-23(27)22(18-9-5-4-6-10-18)31-24(28)19-11-7-8-12-20(19)26-32(3,29)30/h4-15,22,26H,1-3H3,(H,25,27). The number of hydrogen-bond acceptors (Lipinski definition) is 5. The summed E-state index contributed by atoms with van der Waals surface area (Å²) < 4.78 is 31.2. The Morgan fingerprint density at radius 2 is 1.53 bits per heavy atom. The molecule has 0 aliphatic heterocycles. The molecule has 1 amide bonds. The van der Waals surface area contributed by atoms with Crippen LogP contribution in [0.2, 0.25) is 0 Å². The minimum absolute atomic E-state index is 0.00149. The van der Waals surface area contributed by atoms with E-state index in [0.717, 1.165) is 17.4 Å². The van der Waals surface area contributed by atoms with Crippen LogP contribution in [0.25, 0.3) is 0 Å². The van der Waals surface area contributed by atoms with Gasteiger partial charge in [0.1, 0.15) is 0 Å². The average Bonchev–Trinajstić information content (AvgIpc) is 2.74. The van der Waals surface area contributed by atoms with Gasteiger partial charge in [-0.2, -0.15) is 0 Å². The van der Waals surface area contributed by atoms with Gasteiger partial charge in [-0.3, -0.25) is 9.52 Å². The van der Waals surface area contributed by atoms with Gasteiger partial charge in [0, 0.05) is 11.3 Å². The molecule has 0 aliphatic rings. The monoisotopic (exact) mass is 452 g/mol.